The summed E-state index contributed by atoms with van der Waals surface area (Å²) in [6.45, 7) is 4.69. The van der Waals surface area contributed by atoms with Crippen molar-refractivity contribution in [3.05, 3.63) is 106 Å². The number of aldehydes is 1. The van der Waals surface area contributed by atoms with Gasteiger partial charge in [0, 0.05) is 0 Å². The van der Waals surface area contributed by atoms with Crippen LogP contribution in [0.3, 0.4) is 0 Å². The normalized spacial score (nSPS) is 13.4. The molecule has 0 radical (unpaired) electrons. The van der Waals surface area contributed by atoms with Crippen molar-refractivity contribution < 1.29 is 46.0 Å². The van der Waals surface area contributed by atoms with Crippen molar-refractivity contribution in [3.63, 3.8) is 0 Å². The van der Waals surface area contributed by atoms with E-state index in [1.165, 1.54) is 36.4 Å². The number of esters is 3. The smallest absolute Gasteiger partial charge is 0.338 e. The van der Waals surface area contributed by atoms with Crippen LogP contribution in [0.5, 0.6) is 0 Å². The number of ether oxygens (including phenoxy) is 3. The van der Waals surface area contributed by atoms with Gasteiger partial charge in [-0.1, -0.05) is 53.1 Å². The third-order valence-corrected chi connectivity index (χ3v) is 6.45. The highest BCUT2D eigenvalue weighted by molar-refractivity contribution is 7.86. The molecular formula is C30H30O10S. The molecule has 0 bridgehead atoms. The van der Waals surface area contributed by atoms with Crippen LogP contribution in [0.1, 0.15) is 47.8 Å². The molecule has 41 heavy (non-hydrogen) atoms. The lowest BCUT2D eigenvalue weighted by Gasteiger charge is -2.29. The number of benzene rings is 3. The maximum absolute atomic E-state index is 13.1. The van der Waals surface area contributed by atoms with Crippen LogP contribution >= 0.6 is 0 Å². The van der Waals surface area contributed by atoms with E-state index in [4.69, 9.17) is 18.4 Å². The Hall–Kier alpha value is -4.35. The molecule has 3 aromatic carbocycles. The van der Waals surface area contributed by atoms with Gasteiger partial charge in [0.25, 0.3) is 10.1 Å². The Morgan fingerprint density at radius 3 is 1.46 bits per heavy atom. The largest absolute Gasteiger partial charge is 0.459 e. The molecule has 0 aliphatic heterocycles. The third-order valence-electron chi connectivity index (χ3n) is 5.85. The fourth-order valence-corrected chi connectivity index (χ4v) is 4.24. The maximum Gasteiger partial charge on any atom is 0.338 e. The number of carbonyl (C=O) groups is 4. The first kappa shape index (κ1) is 31.2. The molecule has 0 spiro atoms. The second kappa shape index (κ2) is 13.8. The van der Waals surface area contributed by atoms with Gasteiger partial charge in [0.1, 0.15) is 6.61 Å². The minimum absolute atomic E-state index is 0.0739. The van der Waals surface area contributed by atoms with Crippen LogP contribution in [0, 0.1) is 20.8 Å². The minimum atomic E-state index is -4.26. The lowest BCUT2D eigenvalue weighted by molar-refractivity contribution is -0.128. The molecule has 0 aliphatic rings. The van der Waals surface area contributed by atoms with E-state index >= 15 is 0 Å². The summed E-state index contributed by atoms with van der Waals surface area (Å²) in [4.78, 5) is 50.8. The first-order chi connectivity index (χ1) is 19.4. The van der Waals surface area contributed by atoms with E-state index in [2.05, 4.69) is 0 Å². The first-order valence-electron chi connectivity index (χ1n) is 12.5. The van der Waals surface area contributed by atoms with Gasteiger partial charge in [0.05, 0.1) is 22.9 Å². The lowest BCUT2D eigenvalue weighted by Crippen LogP contribution is -2.48. The summed E-state index contributed by atoms with van der Waals surface area (Å²) in [5.41, 5.74) is 2.96. The van der Waals surface area contributed by atoms with Gasteiger partial charge in [0.2, 0.25) is 0 Å². The molecule has 0 saturated carbocycles. The monoisotopic (exact) mass is 582 g/mol. The molecule has 0 aliphatic carbocycles. The second-order valence-corrected chi connectivity index (χ2v) is 11.0. The Kier molecular flexibility index (Phi) is 10.5. The van der Waals surface area contributed by atoms with Crippen LogP contribution in [0.15, 0.2) is 72.8 Å². The molecule has 0 aromatic heterocycles. The molecular weight excluding hydrogens is 552 g/mol. The Morgan fingerprint density at radius 1 is 0.683 bits per heavy atom. The van der Waals surface area contributed by atoms with Crippen molar-refractivity contribution in [1.29, 1.82) is 0 Å². The van der Waals surface area contributed by atoms with Gasteiger partial charge in [-0.05, 0) is 57.2 Å². The first-order valence-corrected chi connectivity index (χ1v) is 14.3. The van der Waals surface area contributed by atoms with Crippen molar-refractivity contribution in [2.24, 2.45) is 0 Å². The molecule has 0 amide bonds. The van der Waals surface area contributed by atoms with Crippen molar-refractivity contribution in [2.45, 2.75) is 39.1 Å². The van der Waals surface area contributed by atoms with Gasteiger partial charge in [-0.2, -0.15) is 8.42 Å². The predicted octanol–water partition coefficient (Wildman–Crippen LogP) is 3.76. The van der Waals surface area contributed by atoms with Crippen molar-refractivity contribution >= 4 is 34.3 Å². The van der Waals surface area contributed by atoms with Gasteiger partial charge in [-0.3, -0.25) is 8.98 Å². The summed E-state index contributed by atoms with van der Waals surface area (Å²) in [6, 6.07) is 18.9. The van der Waals surface area contributed by atoms with Crippen LogP contribution in [-0.2, 0) is 33.3 Å². The predicted molar refractivity (Wildman–Crippen MR) is 148 cm³/mol. The van der Waals surface area contributed by atoms with Crippen LogP contribution in [-0.4, -0.2) is 63.8 Å². The van der Waals surface area contributed by atoms with Crippen LogP contribution < -0.4 is 0 Å². The molecule has 10 nitrogen and oxygen atoms in total. The summed E-state index contributed by atoms with van der Waals surface area (Å²) >= 11 is 0. The number of rotatable bonds is 12. The topological polar surface area (TPSA) is 139 Å². The summed E-state index contributed by atoms with van der Waals surface area (Å²) in [6.07, 6.45) is -4.50. The molecule has 0 N–H and O–H groups in total. The fraction of sp³-hybridized carbons (Fsp3) is 0.267. The molecule has 3 unspecified atom stereocenters. The highest BCUT2D eigenvalue weighted by Crippen LogP contribution is 2.19. The zero-order valence-electron chi connectivity index (χ0n) is 22.9. The second-order valence-electron chi connectivity index (χ2n) is 9.41. The maximum atomic E-state index is 13.1. The Morgan fingerprint density at radius 2 is 1.07 bits per heavy atom. The number of aryl methyl sites for hydroxylation is 3. The lowest BCUT2D eigenvalue weighted by atomic mass is 10.1. The van der Waals surface area contributed by atoms with Crippen molar-refractivity contribution in [3.8, 4) is 0 Å². The van der Waals surface area contributed by atoms with E-state index in [1.54, 1.807) is 36.4 Å². The zero-order chi connectivity index (χ0) is 30.2. The van der Waals surface area contributed by atoms with Gasteiger partial charge in [0.15, 0.2) is 24.6 Å². The molecule has 3 atom stereocenters. The van der Waals surface area contributed by atoms with Gasteiger partial charge in [-0.25, -0.2) is 14.4 Å². The zero-order valence-corrected chi connectivity index (χ0v) is 23.8. The molecule has 11 heteroatoms. The van der Waals surface area contributed by atoms with Crippen molar-refractivity contribution in [1.82, 2.24) is 0 Å². The fourth-order valence-electron chi connectivity index (χ4n) is 3.62. The van der Waals surface area contributed by atoms with Crippen LogP contribution in [0.4, 0.5) is 0 Å². The summed E-state index contributed by atoms with van der Waals surface area (Å²) in [5, 5.41) is 0. The standard InChI is InChI=1S/C30H30O10S/c1-19-5-11-22(12-6-19)28(32)37-18-26(40-41(4,35)36)27(39-30(34)24-15-9-21(3)10-16-24)25(17-31)38-29(33)23-13-7-20(2)8-14-23/h5-17,25-27H,18H2,1-4H3. The molecule has 216 valence electrons. The van der Waals surface area contributed by atoms with Crippen molar-refractivity contribution in [2.75, 3.05) is 12.9 Å². The Labute approximate surface area is 238 Å². The number of hydrogen-bond donors (Lipinski definition) is 0. The van der Waals surface area contributed by atoms with E-state index in [9.17, 15) is 27.6 Å². The van der Waals surface area contributed by atoms with E-state index in [0.717, 1.165) is 22.9 Å². The van der Waals surface area contributed by atoms with Gasteiger partial charge in [-0.15, -0.1) is 0 Å². The molecule has 3 rings (SSSR count). The average Bonchev–Trinajstić information content (AvgIpc) is 2.93. The third kappa shape index (κ3) is 9.37. The quantitative estimate of drug-likeness (QED) is 0.134. The van der Waals surface area contributed by atoms with E-state index in [0.29, 0.717) is 0 Å². The highest BCUT2D eigenvalue weighted by atomic mass is 32.2. The van der Waals surface area contributed by atoms with Crippen LogP contribution in [0.2, 0.25) is 0 Å². The molecule has 0 fully saturated rings. The van der Waals surface area contributed by atoms with Gasteiger partial charge < -0.3 is 14.2 Å². The number of carbonyl (C=O) groups excluding carboxylic acids is 4. The van der Waals surface area contributed by atoms with Gasteiger partial charge >= 0.3 is 17.9 Å². The summed E-state index contributed by atoms with van der Waals surface area (Å²) in [7, 11) is -4.26. The summed E-state index contributed by atoms with van der Waals surface area (Å²) in [5.74, 6) is -2.72. The van der Waals surface area contributed by atoms with E-state index in [-0.39, 0.29) is 23.0 Å². The minimum Gasteiger partial charge on any atom is -0.459 e. The Balaban J connectivity index is 1.94. The highest BCUT2D eigenvalue weighted by Gasteiger charge is 2.40. The molecule has 3 aromatic rings. The van der Waals surface area contributed by atoms with E-state index in [1.807, 2.05) is 20.8 Å². The number of hydrogen-bond acceptors (Lipinski definition) is 10. The Bertz CT molecular complexity index is 1480. The SMILES string of the molecule is Cc1ccc(C(=O)OCC(OS(C)(=O)=O)C(OC(=O)c2ccc(C)cc2)C(C=O)OC(=O)c2ccc(C)cc2)cc1. The molecule has 0 saturated heterocycles. The van der Waals surface area contributed by atoms with E-state index < -0.39 is 52.9 Å². The van der Waals surface area contributed by atoms with Crippen LogP contribution in [0.25, 0.3) is 0 Å². The summed E-state index contributed by atoms with van der Waals surface area (Å²) < 4.78 is 45.6. The molecule has 0 heterocycles. The average molecular weight is 583 g/mol.